The molecule has 0 heterocycles. The van der Waals surface area contributed by atoms with E-state index in [-0.39, 0.29) is 51.4 Å². The van der Waals surface area contributed by atoms with E-state index in [1.165, 1.54) is 19.3 Å². The van der Waals surface area contributed by atoms with Gasteiger partial charge < -0.3 is 6.92 Å². The van der Waals surface area contributed by atoms with Crippen LogP contribution in [0.5, 0.6) is 0 Å². The molecule has 0 rings (SSSR count). The molecule has 9 heavy (non-hydrogen) atoms. The van der Waals surface area contributed by atoms with E-state index in [1.54, 1.807) is 0 Å². The van der Waals surface area contributed by atoms with Crippen molar-refractivity contribution in [2.24, 2.45) is 5.92 Å². The van der Waals surface area contributed by atoms with Crippen LogP contribution in [-0.2, 0) is 0 Å². The van der Waals surface area contributed by atoms with Gasteiger partial charge in [0.05, 0.1) is 0 Å². The van der Waals surface area contributed by atoms with Gasteiger partial charge in [-0.25, -0.2) is 0 Å². The number of hydrogen-bond acceptors (Lipinski definition) is 0. The molecule has 50 valence electrons. The summed E-state index contributed by atoms with van der Waals surface area (Å²) in [4.78, 5) is 0. The zero-order valence-corrected chi connectivity index (χ0v) is 10.2. The molecule has 0 spiro atoms. The van der Waals surface area contributed by atoms with Gasteiger partial charge in [-0.2, -0.15) is 6.42 Å². The minimum absolute atomic E-state index is 0. The second kappa shape index (κ2) is 9.64. The molecule has 0 aliphatic rings. The zero-order valence-electron chi connectivity index (χ0n) is 7.11. The Hall–Kier alpha value is 1.64. The van der Waals surface area contributed by atoms with Gasteiger partial charge in [0.15, 0.2) is 0 Å². The smallest absolute Gasteiger partial charge is 0.343 e. The van der Waals surface area contributed by atoms with Crippen LogP contribution in [0.4, 0.5) is 0 Å². The largest absolute Gasteiger partial charge is 1.00 e. The molecular formula is C8H17K. The van der Waals surface area contributed by atoms with Crippen molar-refractivity contribution in [2.45, 2.75) is 39.5 Å². The van der Waals surface area contributed by atoms with Crippen LogP contribution in [0, 0.1) is 12.8 Å². The van der Waals surface area contributed by atoms with E-state index in [9.17, 15) is 0 Å². The second-order valence-corrected chi connectivity index (χ2v) is 2.74. The van der Waals surface area contributed by atoms with Gasteiger partial charge in [-0.15, -0.1) is 0 Å². The van der Waals surface area contributed by atoms with Crippen LogP contribution in [0.3, 0.4) is 0 Å². The Bertz CT molecular complexity index is 41.8. The Morgan fingerprint density at radius 3 is 2.11 bits per heavy atom. The fraction of sp³-hybridized carbons (Fsp3) is 0.875. The third-order valence-electron chi connectivity index (χ3n) is 1.28. The van der Waals surface area contributed by atoms with Crippen molar-refractivity contribution in [3.05, 3.63) is 6.92 Å². The summed E-state index contributed by atoms with van der Waals surface area (Å²) >= 11 is 0. The molecule has 0 atom stereocenters. The van der Waals surface area contributed by atoms with Crippen LogP contribution in [0.2, 0.25) is 0 Å². The van der Waals surface area contributed by atoms with E-state index in [0.717, 1.165) is 12.3 Å². The molecule has 0 aromatic rings. The van der Waals surface area contributed by atoms with E-state index < -0.39 is 0 Å². The predicted molar refractivity (Wildman–Crippen MR) is 38.7 cm³/mol. The van der Waals surface area contributed by atoms with E-state index >= 15 is 0 Å². The van der Waals surface area contributed by atoms with Crippen LogP contribution >= 0.6 is 0 Å². The Kier molecular flexibility index (Phi) is 14.2. The van der Waals surface area contributed by atoms with Crippen molar-refractivity contribution in [1.82, 2.24) is 0 Å². The maximum Gasteiger partial charge on any atom is 1.00 e. The predicted octanol–water partition coefficient (Wildman–Crippen LogP) is 0.0409. The van der Waals surface area contributed by atoms with Crippen molar-refractivity contribution < 1.29 is 51.4 Å². The third-order valence-corrected chi connectivity index (χ3v) is 1.28. The van der Waals surface area contributed by atoms with Gasteiger partial charge in [-0.3, -0.25) is 0 Å². The maximum absolute atomic E-state index is 3.78. The monoisotopic (exact) mass is 152 g/mol. The molecule has 0 amide bonds. The summed E-state index contributed by atoms with van der Waals surface area (Å²) in [6, 6.07) is 0. The maximum atomic E-state index is 3.78. The van der Waals surface area contributed by atoms with Gasteiger partial charge in [0, 0.05) is 0 Å². The van der Waals surface area contributed by atoms with Crippen molar-refractivity contribution in [1.29, 1.82) is 0 Å². The average Bonchev–Trinajstić information content (AvgIpc) is 1.66. The second-order valence-electron chi connectivity index (χ2n) is 2.74. The quantitative estimate of drug-likeness (QED) is 0.303. The first-order valence-corrected chi connectivity index (χ1v) is 3.56. The summed E-state index contributed by atoms with van der Waals surface area (Å²) in [6.45, 7) is 8.32. The normalized spacial score (nSPS) is 9.33. The van der Waals surface area contributed by atoms with Gasteiger partial charge in [-0.1, -0.05) is 33.1 Å². The topological polar surface area (TPSA) is 0 Å². The molecule has 0 aliphatic carbocycles. The molecule has 0 radical (unpaired) electrons. The van der Waals surface area contributed by atoms with E-state index in [4.69, 9.17) is 0 Å². The minimum Gasteiger partial charge on any atom is -0.343 e. The number of rotatable bonds is 4. The SMILES string of the molecule is [CH2-]CCCCC(C)C.[K+]. The zero-order chi connectivity index (χ0) is 6.41. The van der Waals surface area contributed by atoms with Crippen LogP contribution in [0.15, 0.2) is 0 Å². The summed E-state index contributed by atoms with van der Waals surface area (Å²) in [6.07, 6.45) is 5.14. The third kappa shape index (κ3) is 12.8. The molecule has 0 aliphatic heterocycles. The van der Waals surface area contributed by atoms with Crippen LogP contribution in [0.25, 0.3) is 0 Å². The number of unbranched alkanes of at least 4 members (excludes halogenated alkanes) is 2. The molecule has 0 aromatic carbocycles. The average molecular weight is 152 g/mol. The molecule has 0 N–H and O–H groups in total. The first-order valence-electron chi connectivity index (χ1n) is 3.56. The molecule has 0 saturated carbocycles. The summed E-state index contributed by atoms with van der Waals surface area (Å²) < 4.78 is 0. The fourth-order valence-corrected chi connectivity index (χ4v) is 0.729. The molecule has 0 aromatic heterocycles. The van der Waals surface area contributed by atoms with Crippen LogP contribution in [0.1, 0.15) is 39.5 Å². The van der Waals surface area contributed by atoms with Crippen molar-refractivity contribution in [2.75, 3.05) is 0 Å². The minimum atomic E-state index is 0. The van der Waals surface area contributed by atoms with Crippen molar-refractivity contribution in [3.63, 3.8) is 0 Å². The van der Waals surface area contributed by atoms with Gasteiger partial charge >= 0.3 is 51.4 Å². The van der Waals surface area contributed by atoms with Gasteiger partial charge in [0.25, 0.3) is 0 Å². The summed E-state index contributed by atoms with van der Waals surface area (Å²) in [7, 11) is 0. The van der Waals surface area contributed by atoms with Crippen LogP contribution < -0.4 is 51.4 Å². The molecule has 0 fully saturated rings. The first-order chi connectivity index (χ1) is 3.77. The molecule has 1 heteroatoms. The standard InChI is InChI=1S/C8H17.K/c1-4-5-6-7-8(2)3;/h8H,1,4-7H2,2-3H3;/q-1;+1. The van der Waals surface area contributed by atoms with E-state index in [1.807, 2.05) is 0 Å². The van der Waals surface area contributed by atoms with Crippen molar-refractivity contribution >= 4 is 0 Å². The van der Waals surface area contributed by atoms with Crippen LogP contribution in [-0.4, -0.2) is 0 Å². The Morgan fingerprint density at radius 2 is 1.78 bits per heavy atom. The summed E-state index contributed by atoms with van der Waals surface area (Å²) in [5.74, 6) is 0.876. The Labute approximate surface area is 102 Å². The molecule has 0 nitrogen and oxygen atoms in total. The molecular weight excluding hydrogens is 135 g/mol. The summed E-state index contributed by atoms with van der Waals surface area (Å²) in [5.41, 5.74) is 0. The molecule has 0 unspecified atom stereocenters. The van der Waals surface area contributed by atoms with Gasteiger partial charge in [0.2, 0.25) is 0 Å². The first kappa shape index (κ1) is 13.2. The van der Waals surface area contributed by atoms with E-state index in [0.29, 0.717) is 0 Å². The van der Waals surface area contributed by atoms with E-state index in [2.05, 4.69) is 20.8 Å². The Morgan fingerprint density at radius 1 is 1.22 bits per heavy atom. The van der Waals surface area contributed by atoms with Crippen molar-refractivity contribution in [3.8, 4) is 0 Å². The molecule has 0 saturated heterocycles. The number of hydrogen-bond donors (Lipinski definition) is 0. The Balaban J connectivity index is 0. The van der Waals surface area contributed by atoms with Gasteiger partial charge in [0.1, 0.15) is 0 Å². The molecule has 0 bridgehead atoms. The summed E-state index contributed by atoms with van der Waals surface area (Å²) in [5, 5.41) is 0. The van der Waals surface area contributed by atoms with Gasteiger partial charge in [-0.05, 0) is 5.92 Å². The fourth-order valence-electron chi connectivity index (χ4n) is 0.729.